The molecule has 1 N–H and O–H groups in total. The van der Waals surface area contributed by atoms with E-state index in [4.69, 9.17) is 4.98 Å². The third-order valence-electron chi connectivity index (χ3n) is 8.38. The minimum absolute atomic E-state index is 0.259. The number of aryl methyl sites for hydroxylation is 1. The van der Waals surface area contributed by atoms with Crippen LogP contribution in [0.25, 0.3) is 22.5 Å². The normalized spacial score (nSPS) is 20.9. The number of aromatic nitrogens is 3. The fourth-order valence-corrected chi connectivity index (χ4v) is 6.36. The first-order valence-electron chi connectivity index (χ1n) is 11.4. The molecule has 31 heavy (non-hydrogen) atoms. The number of fused-ring (bicyclic) bond motifs is 7. The maximum atomic E-state index is 13.2. The molecule has 3 aromatic rings. The second kappa shape index (κ2) is 5.64. The maximum Gasteiger partial charge on any atom is 0.165 e. The fraction of sp³-hybridized carbons (Fsp3) is 0.423. The Labute approximate surface area is 181 Å². The van der Waals surface area contributed by atoms with E-state index in [1.807, 2.05) is 37.5 Å². The largest absolute Gasteiger partial charge is 0.363 e. The van der Waals surface area contributed by atoms with Gasteiger partial charge in [0.1, 0.15) is 5.82 Å². The summed E-state index contributed by atoms with van der Waals surface area (Å²) in [6.07, 6.45) is 11.5. The average molecular weight is 411 g/mol. The summed E-state index contributed by atoms with van der Waals surface area (Å²) >= 11 is 0. The number of rotatable bonds is 2. The van der Waals surface area contributed by atoms with Gasteiger partial charge in [-0.25, -0.2) is 4.98 Å². The van der Waals surface area contributed by atoms with E-state index in [1.54, 1.807) is 0 Å². The van der Waals surface area contributed by atoms with Gasteiger partial charge in [0.2, 0.25) is 0 Å². The summed E-state index contributed by atoms with van der Waals surface area (Å²) in [7, 11) is 3.99. The Hall–Kier alpha value is -2.95. The molecule has 0 atom stereocenters. The van der Waals surface area contributed by atoms with Crippen LogP contribution in [0, 0.1) is 5.41 Å². The van der Waals surface area contributed by atoms with Crippen molar-refractivity contribution >= 4 is 11.6 Å². The van der Waals surface area contributed by atoms with Crippen molar-refractivity contribution in [1.82, 2.24) is 15.0 Å². The standard InChI is InChI=1S/C26H26N4O/c1-30(2)21-6-4-16(14-28-21)19-11-18-15(13-27-19)3-5-17-22-20(31)12-25(7-8-25)26(9-10-26)24(22)29-23(17)18/h4,6,11,13-14,29H,3,5,7-10,12H2,1-2H3. The molecule has 3 aromatic heterocycles. The van der Waals surface area contributed by atoms with Gasteiger partial charge >= 0.3 is 0 Å². The molecular formula is C26H26N4O. The third-order valence-corrected chi connectivity index (χ3v) is 8.38. The first-order chi connectivity index (χ1) is 15.0. The molecule has 0 bridgehead atoms. The molecule has 0 aromatic carbocycles. The minimum Gasteiger partial charge on any atom is -0.363 e. The number of nitrogens with one attached hydrogen (secondary N) is 1. The quantitative estimate of drug-likeness (QED) is 0.665. The van der Waals surface area contributed by atoms with Crippen molar-refractivity contribution in [3.8, 4) is 22.5 Å². The lowest BCUT2D eigenvalue weighted by atomic mass is 9.71. The van der Waals surface area contributed by atoms with E-state index in [-0.39, 0.29) is 10.8 Å². The molecule has 0 amide bonds. The lowest BCUT2D eigenvalue weighted by Gasteiger charge is -2.31. The molecule has 4 aliphatic carbocycles. The van der Waals surface area contributed by atoms with E-state index >= 15 is 0 Å². The number of H-pyrrole nitrogens is 1. The predicted octanol–water partition coefficient (Wildman–Crippen LogP) is 4.70. The van der Waals surface area contributed by atoms with E-state index in [0.29, 0.717) is 5.78 Å². The number of aromatic amines is 1. The van der Waals surface area contributed by atoms with Crippen LogP contribution in [0.3, 0.4) is 0 Å². The van der Waals surface area contributed by atoms with Crippen LogP contribution in [-0.2, 0) is 18.3 Å². The number of carbonyl (C=O) groups is 1. The number of anilines is 1. The van der Waals surface area contributed by atoms with Crippen LogP contribution in [0.4, 0.5) is 5.82 Å². The van der Waals surface area contributed by atoms with Gasteiger partial charge in [0.15, 0.2) is 5.78 Å². The third kappa shape index (κ3) is 2.24. The molecule has 0 radical (unpaired) electrons. The van der Waals surface area contributed by atoms with E-state index < -0.39 is 0 Å². The summed E-state index contributed by atoms with van der Waals surface area (Å²) < 4.78 is 0. The summed E-state index contributed by atoms with van der Waals surface area (Å²) in [5.41, 5.74) is 9.72. The Bertz CT molecular complexity index is 1260. The van der Waals surface area contributed by atoms with Crippen molar-refractivity contribution in [2.75, 3.05) is 19.0 Å². The van der Waals surface area contributed by atoms with Crippen molar-refractivity contribution in [3.05, 3.63) is 53.0 Å². The Morgan fingerprint density at radius 3 is 2.55 bits per heavy atom. The molecule has 0 aliphatic heterocycles. The number of pyridine rings is 2. The number of hydrogen-bond acceptors (Lipinski definition) is 4. The number of hydrogen-bond donors (Lipinski definition) is 1. The van der Waals surface area contributed by atoms with Gasteiger partial charge < -0.3 is 9.88 Å². The van der Waals surface area contributed by atoms with Crippen molar-refractivity contribution in [3.63, 3.8) is 0 Å². The van der Waals surface area contributed by atoms with Crippen LogP contribution in [0.1, 0.15) is 59.3 Å². The first kappa shape index (κ1) is 17.7. The Kier molecular flexibility index (Phi) is 3.22. The van der Waals surface area contributed by atoms with Gasteiger partial charge in [-0.05, 0) is 73.3 Å². The lowest BCUT2D eigenvalue weighted by Crippen LogP contribution is -2.32. The van der Waals surface area contributed by atoms with E-state index in [9.17, 15) is 4.79 Å². The summed E-state index contributed by atoms with van der Waals surface area (Å²) in [6, 6.07) is 6.30. The van der Waals surface area contributed by atoms with Crippen LogP contribution in [0.15, 0.2) is 30.6 Å². The van der Waals surface area contributed by atoms with Gasteiger partial charge in [-0.15, -0.1) is 0 Å². The monoisotopic (exact) mass is 410 g/mol. The van der Waals surface area contributed by atoms with Crippen LogP contribution in [0.2, 0.25) is 0 Å². The van der Waals surface area contributed by atoms with Gasteiger partial charge in [-0.2, -0.15) is 0 Å². The zero-order chi connectivity index (χ0) is 21.0. The molecule has 3 heterocycles. The SMILES string of the molecule is CN(C)c1ccc(-c2cc3c(cn2)CCc2c-3[nH]c3c2C(=O)CC2(CC2)C32CC2)cn1. The van der Waals surface area contributed by atoms with Crippen LogP contribution >= 0.6 is 0 Å². The van der Waals surface area contributed by atoms with Crippen molar-refractivity contribution in [2.24, 2.45) is 5.41 Å². The highest BCUT2D eigenvalue weighted by molar-refractivity contribution is 6.04. The number of ketones is 1. The van der Waals surface area contributed by atoms with Crippen LogP contribution < -0.4 is 4.90 Å². The van der Waals surface area contributed by atoms with E-state index in [1.165, 1.54) is 53.8 Å². The zero-order valence-electron chi connectivity index (χ0n) is 18.1. The molecule has 4 aliphatic rings. The highest BCUT2D eigenvalue weighted by atomic mass is 16.1. The molecule has 5 heteroatoms. The second-order valence-electron chi connectivity index (χ2n) is 10.2. The summed E-state index contributed by atoms with van der Waals surface area (Å²) in [5, 5.41) is 0. The van der Waals surface area contributed by atoms with Crippen LogP contribution in [-0.4, -0.2) is 34.8 Å². The van der Waals surface area contributed by atoms with Gasteiger partial charge in [0, 0.05) is 60.7 Å². The molecule has 2 saturated carbocycles. The molecule has 2 fully saturated rings. The van der Waals surface area contributed by atoms with Gasteiger partial charge in [0.25, 0.3) is 0 Å². The summed E-state index contributed by atoms with van der Waals surface area (Å²) in [4.78, 5) is 28.4. The predicted molar refractivity (Wildman–Crippen MR) is 121 cm³/mol. The molecule has 5 nitrogen and oxygen atoms in total. The Balaban J connectivity index is 1.36. The van der Waals surface area contributed by atoms with E-state index in [2.05, 4.69) is 22.1 Å². The number of carbonyl (C=O) groups excluding carboxylic acids is 1. The van der Waals surface area contributed by atoms with Gasteiger partial charge in [-0.1, -0.05) is 0 Å². The molecular weight excluding hydrogens is 384 g/mol. The highest BCUT2D eigenvalue weighted by Crippen LogP contribution is 2.75. The van der Waals surface area contributed by atoms with Crippen molar-refractivity contribution in [1.29, 1.82) is 0 Å². The average Bonchev–Trinajstić information content (AvgIpc) is 3.69. The molecule has 7 rings (SSSR count). The lowest BCUT2D eigenvalue weighted by molar-refractivity contribution is 0.0916. The number of nitrogens with zero attached hydrogens (tertiary/aromatic N) is 3. The van der Waals surface area contributed by atoms with E-state index in [0.717, 1.165) is 41.9 Å². The highest BCUT2D eigenvalue weighted by Gasteiger charge is 2.70. The maximum absolute atomic E-state index is 13.2. The molecule has 0 saturated heterocycles. The van der Waals surface area contributed by atoms with Crippen molar-refractivity contribution in [2.45, 2.75) is 50.4 Å². The fourth-order valence-electron chi connectivity index (χ4n) is 6.36. The molecule has 156 valence electrons. The second-order valence-corrected chi connectivity index (χ2v) is 10.2. The topological polar surface area (TPSA) is 61.9 Å². The Morgan fingerprint density at radius 2 is 1.87 bits per heavy atom. The van der Waals surface area contributed by atoms with Gasteiger partial charge in [0.05, 0.1) is 11.4 Å². The van der Waals surface area contributed by atoms with Gasteiger partial charge in [-0.3, -0.25) is 9.78 Å². The van der Waals surface area contributed by atoms with Crippen molar-refractivity contribution < 1.29 is 4.79 Å². The first-order valence-corrected chi connectivity index (χ1v) is 11.4. The zero-order valence-corrected chi connectivity index (χ0v) is 18.1. The Morgan fingerprint density at radius 1 is 1.03 bits per heavy atom. The van der Waals surface area contributed by atoms with Crippen LogP contribution in [0.5, 0.6) is 0 Å². The smallest absolute Gasteiger partial charge is 0.165 e. The summed E-state index contributed by atoms with van der Waals surface area (Å²) in [5.74, 6) is 1.31. The molecule has 0 unspecified atom stereocenters. The summed E-state index contributed by atoms with van der Waals surface area (Å²) in [6.45, 7) is 0. The molecule has 2 spiro atoms. The number of Topliss-reactive ketones (excluding diaryl/α,β-unsaturated/α-hetero) is 1. The minimum atomic E-state index is 0.259.